The van der Waals surface area contributed by atoms with Gasteiger partial charge in [0.1, 0.15) is 6.10 Å². The molecule has 1 saturated carbocycles. The second-order valence-corrected chi connectivity index (χ2v) is 11.7. The highest BCUT2D eigenvalue weighted by Gasteiger charge is 2.71. The standard InChI is InChI=1S/C30H44O8/c1-10-18(4)11-12-29(8)19(5)14-25(34-9)30-23(27(35-20(6)31)38-28(30)36-21(7)32)15-22(16-24(29)30)37-26(33)13-17(2)3/h10,15,17,19,22,24-25,27-28H,1,4,11-14,16H2,2-3,5-9H3/t19-,22+,24+,25+,27+,28-,29-,30?/m0/s1. The maximum atomic E-state index is 12.8. The van der Waals surface area contributed by atoms with Gasteiger partial charge in [0.25, 0.3) is 0 Å². The Morgan fingerprint density at radius 1 is 1.16 bits per heavy atom. The van der Waals surface area contributed by atoms with Crippen LogP contribution in [0.3, 0.4) is 0 Å². The summed E-state index contributed by atoms with van der Waals surface area (Å²) in [5.41, 5.74) is 0.323. The lowest BCUT2D eigenvalue weighted by Gasteiger charge is -2.61. The monoisotopic (exact) mass is 532 g/mol. The highest BCUT2D eigenvalue weighted by molar-refractivity contribution is 5.70. The molecule has 3 aliphatic rings. The lowest BCUT2D eigenvalue weighted by molar-refractivity contribution is -0.257. The van der Waals surface area contributed by atoms with Gasteiger partial charge in [-0.3, -0.25) is 19.1 Å². The van der Waals surface area contributed by atoms with E-state index in [0.29, 0.717) is 24.8 Å². The van der Waals surface area contributed by atoms with Crippen LogP contribution in [0.5, 0.6) is 0 Å². The van der Waals surface area contributed by atoms with Crippen LogP contribution in [0, 0.1) is 28.6 Å². The van der Waals surface area contributed by atoms with Gasteiger partial charge < -0.3 is 18.9 Å². The van der Waals surface area contributed by atoms with Gasteiger partial charge in [-0.15, -0.1) is 0 Å². The van der Waals surface area contributed by atoms with E-state index in [0.717, 1.165) is 18.4 Å². The summed E-state index contributed by atoms with van der Waals surface area (Å²) in [6.45, 7) is 19.0. The van der Waals surface area contributed by atoms with Crippen molar-refractivity contribution in [1.82, 2.24) is 0 Å². The minimum Gasteiger partial charge on any atom is -0.458 e. The van der Waals surface area contributed by atoms with Gasteiger partial charge in [0, 0.05) is 33.0 Å². The molecular formula is C30H44O8. The van der Waals surface area contributed by atoms with Crippen molar-refractivity contribution in [3.63, 3.8) is 0 Å². The van der Waals surface area contributed by atoms with Crippen LogP contribution >= 0.6 is 0 Å². The molecule has 0 amide bonds. The molecule has 38 heavy (non-hydrogen) atoms. The van der Waals surface area contributed by atoms with Gasteiger partial charge in [-0.05, 0) is 54.9 Å². The van der Waals surface area contributed by atoms with Gasteiger partial charge in [-0.25, -0.2) is 0 Å². The van der Waals surface area contributed by atoms with Crippen molar-refractivity contribution in [1.29, 1.82) is 0 Å². The van der Waals surface area contributed by atoms with Crippen LogP contribution in [-0.2, 0) is 38.1 Å². The maximum absolute atomic E-state index is 12.8. The Labute approximate surface area is 226 Å². The third-order valence-electron chi connectivity index (χ3n) is 8.79. The molecule has 1 heterocycles. The van der Waals surface area contributed by atoms with Crippen molar-refractivity contribution >= 4 is 17.9 Å². The van der Waals surface area contributed by atoms with Crippen LogP contribution in [-0.4, -0.2) is 49.8 Å². The molecule has 2 fully saturated rings. The first-order valence-electron chi connectivity index (χ1n) is 13.5. The van der Waals surface area contributed by atoms with Crippen LogP contribution in [0.1, 0.15) is 73.6 Å². The van der Waals surface area contributed by atoms with Crippen molar-refractivity contribution in [2.75, 3.05) is 7.11 Å². The van der Waals surface area contributed by atoms with Crippen molar-refractivity contribution < 1.29 is 38.1 Å². The molecule has 2 aliphatic carbocycles. The number of rotatable bonds is 10. The van der Waals surface area contributed by atoms with E-state index >= 15 is 0 Å². The van der Waals surface area contributed by atoms with E-state index in [1.165, 1.54) is 13.8 Å². The summed E-state index contributed by atoms with van der Waals surface area (Å²) in [4.78, 5) is 37.2. The van der Waals surface area contributed by atoms with Crippen molar-refractivity contribution in [3.05, 3.63) is 36.5 Å². The predicted octanol–water partition coefficient (Wildman–Crippen LogP) is 5.27. The van der Waals surface area contributed by atoms with Crippen LogP contribution in [0.25, 0.3) is 0 Å². The Balaban J connectivity index is 2.21. The predicted molar refractivity (Wildman–Crippen MR) is 141 cm³/mol. The summed E-state index contributed by atoms with van der Waals surface area (Å²) in [5.74, 6) is -1.17. The van der Waals surface area contributed by atoms with Crippen molar-refractivity contribution in [2.24, 2.45) is 28.6 Å². The molecule has 8 atom stereocenters. The first-order chi connectivity index (χ1) is 17.8. The summed E-state index contributed by atoms with van der Waals surface area (Å²) in [7, 11) is 1.64. The molecule has 3 rings (SSSR count). The van der Waals surface area contributed by atoms with E-state index in [-0.39, 0.29) is 35.2 Å². The second kappa shape index (κ2) is 11.7. The van der Waals surface area contributed by atoms with E-state index in [2.05, 4.69) is 27.0 Å². The van der Waals surface area contributed by atoms with Gasteiger partial charge in [0.05, 0.1) is 11.5 Å². The van der Waals surface area contributed by atoms with Gasteiger partial charge in [-0.2, -0.15) is 0 Å². The number of hydrogen-bond donors (Lipinski definition) is 0. The number of esters is 3. The second-order valence-electron chi connectivity index (χ2n) is 11.7. The normalized spacial score (nSPS) is 35.9. The molecule has 0 N–H and O–H groups in total. The number of hydrogen-bond acceptors (Lipinski definition) is 8. The van der Waals surface area contributed by atoms with Gasteiger partial charge in [0.15, 0.2) is 0 Å². The Morgan fingerprint density at radius 3 is 2.37 bits per heavy atom. The largest absolute Gasteiger partial charge is 0.458 e. The number of allylic oxidation sites excluding steroid dienone is 2. The molecule has 8 nitrogen and oxygen atoms in total. The molecule has 0 bridgehead atoms. The maximum Gasteiger partial charge on any atom is 0.306 e. The zero-order chi connectivity index (χ0) is 28.4. The SMILES string of the molecule is C=CC(=C)CC[C@@]1(C)[C@@H](C)C[C@@H](OC)C23C(=C[C@@H](OC(=O)CC(C)C)C[C@@H]21)[C@H](OC(C)=O)O[C@@H]3OC(C)=O. The average molecular weight is 533 g/mol. The van der Waals surface area contributed by atoms with E-state index in [1.54, 1.807) is 13.2 Å². The topological polar surface area (TPSA) is 97.4 Å². The molecule has 1 spiro atoms. The Kier molecular flexibility index (Phi) is 9.30. The number of methoxy groups -OCH3 is 1. The Hall–Kier alpha value is -2.45. The Morgan fingerprint density at radius 2 is 1.82 bits per heavy atom. The lowest BCUT2D eigenvalue weighted by Crippen LogP contribution is -2.63. The highest BCUT2D eigenvalue weighted by atomic mass is 16.8. The Bertz CT molecular complexity index is 983. The molecule has 0 aromatic rings. The van der Waals surface area contributed by atoms with Crippen LogP contribution in [0.15, 0.2) is 36.5 Å². The first kappa shape index (κ1) is 30.1. The van der Waals surface area contributed by atoms with E-state index in [1.807, 2.05) is 19.9 Å². The molecule has 1 unspecified atom stereocenters. The average Bonchev–Trinajstić information content (AvgIpc) is 3.10. The fourth-order valence-electron chi connectivity index (χ4n) is 6.82. The van der Waals surface area contributed by atoms with Crippen LogP contribution in [0.4, 0.5) is 0 Å². The van der Waals surface area contributed by atoms with E-state index in [9.17, 15) is 14.4 Å². The van der Waals surface area contributed by atoms with Crippen LogP contribution in [0.2, 0.25) is 0 Å². The molecule has 0 radical (unpaired) electrons. The lowest BCUT2D eigenvalue weighted by atomic mass is 9.45. The number of carbonyl (C=O) groups is 3. The first-order valence-corrected chi connectivity index (χ1v) is 13.5. The van der Waals surface area contributed by atoms with Crippen molar-refractivity contribution in [3.8, 4) is 0 Å². The van der Waals surface area contributed by atoms with Gasteiger partial charge >= 0.3 is 17.9 Å². The minimum atomic E-state index is -1.09. The van der Waals surface area contributed by atoms with Gasteiger partial charge in [-0.1, -0.05) is 52.5 Å². The molecule has 212 valence electrons. The fraction of sp³-hybridized carbons (Fsp3) is 0.700. The summed E-state index contributed by atoms with van der Waals surface area (Å²) < 4.78 is 29.7. The number of ether oxygens (including phenoxy) is 5. The molecule has 0 aromatic heterocycles. The zero-order valence-electron chi connectivity index (χ0n) is 23.9. The highest BCUT2D eigenvalue weighted by Crippen LogP contribution is 2.68. The molecule has 0 aromatic carbocycles. The van der Waals surface area contributed by atoms with Gasteiger partial charge in [0.2, 0.25) is 12.6 Å². The summed E-state index contributed by atoms with van der Waals surface area (Å²) in [5, 5.41) is 0. The summed E-state index contributed by atoms with van der Waals surface area (Å²) >= 11 is 0. The summed E-state index contributed by atoms with van der Waals surface area (Å²) in [6.07, 6.45) is 3.50. The third-order valence-corrected chi connectivity index (χ3v) is 8.79. The molecular weight excluding hydrogens is 488 g/mol. The van der Waals surface area contributed by atoms with Crippen LogP contribution < -0.4 is 0 Å². The zero-order valence-corrected chi connectivity index (χ0v) is 23.9. The molecule has 1 saturated heterocycles. The smallest absolute Gasteiger partial charge is 0.306 e. The minimum absolute atomic E-state index is 0.151. The van der Waals surface area contributed by atoms with E-state index in [4.69, 9.17) is 23.7 Å². The number of carbonyl (C=O) groups excluding carboxylic acids is 3. The molecule has 8 heteroatoms. The third kappa shape index (κ3) is 5.62. The quantitative estimate of drug-likeness (QED) is 0.162. The van der Waals surface area contributed by atoms with E-state index < -0.39 is 36.0 Å². The van der Waals surface area contributed by atoms with Crippen molar-refractivity contribution in [2.45, 2.75) is 98.4 Å². The summed E-state index contributed by atoms with van der Waals surface area (Å²) in [6, 6.07) is 0. The fourth-order valence-corrected chi connectivity index (χ4v) is 6.82. The molecule has 1 aliphatic heterocycles.